The van der Waals surface area contributed by atoms with Crippen LogP contribution in [-0.4, -0.2) is 19.1 Å². The Hall–Kier alpha value is -0.570. The molecule has 0 heterocycles. The molecule has 16 heavy (non-hydrogen) atoms. The maximum absolute atomic E-state index is 11.0. The number of fused-ring (bicyclic) bond motifs is 2. The van der Waals surface area contributed by atoms with Crippen LogP contribution in [0.4, 0.5) is 0 Å². The van der Waals surface area contributed by atoms with E-state index in [0.29, 0.717) is 12.5 Å². The van der Waals surface area contributed by atoms with Gasteiger partial charge in [-0.15, -0.1) is 0 Å². The highest BCUT2D eigenvalue weighted by Gasteiger charge is 2.44. The molecule has 2 aliphatic rings. The zero-order chi connectivity index (χ0) is 11.5. The molecule has 92 valence electrons. The van der Waals surface area contributed by atoms with Crippen LogP contribution in [0.25, 0.3) is 0 Å². The Morgan fingerprint density at radius 1 is 1.31 bits per heavy atom. The van der Waals surface area contributed by atoms with E-state index in [1.54, 1.807) is 0 Å². The van der Waals surface area contributed by atoms with Crippen molar-refractivity contribution in [2.24, 2.45) is 23.5 Å². The Bertz CT molecular complexity index is 252. The van der Waals surface area contributed by atoms with Gasteiger partial charge in [-0.25, -0.2) is 0 Å². The second-order valence-electron chi connectivity index (χ2n) is 5.40. The molecule has 0 aromatic rings. The summed E-state index contributed by atoms with van der Waals surface area (Å²) in [5.74, 6) is 2.34. The van der Waals surface area contributed by atoms with Gasteiger partial charge in [0.15, 0.2) is 0 Å². The highest BCUT2D eigenvalue weighted by molar-refractivity contribution is 5.68. The van der Waals surface area contributed by atoms with Gasteiger partial charge in [0.1, 0.15) is 0 Å². The van der Waals surface area contributed by atoms with Gasteiger partial charge in [-0.2, -0.15) is 0 Å². The maximum atomic E-state index is 11.0. The molecule has 2 rings (SSSR count). The minimum Gasteiger partial charge on any atom is -0.469 e. The largest absolute Gasteiger partial charge is 0.469 e. The van der Waals surface area contributed by atoms with Crippen LogP contribution in [0.15, 0.2) is 0 Å². The molecular weight excluding hydrogens is 202 g/mol. The van der Waals surface area contributed by atoms with Gasteiger partial charge in [0.05, 0.1) is 7.11 Å². The summed E-state index contributed by atoms with van der Waals surface area (Å²) in [5.41, 5.74) is 6.24. The number of methoxy groups -OCH3 is 1. The van der Waals surface area contributed by atoms with Crippen molar-refractivity contribution in [1.29, 1.82) is 0 Å². The molecule has 0 spiro atoms. The van der Waals surface area contributed by atoms with E-state index in [0.717, 1.165) is 30.6 Å². The molecule has 0 aliphatic heterocycles. The number of ether oxygens (including phenoxy) is 1. The van der Waals surface area contributed by atoms with Crippen molar-refractivity contribution in [2.45, 2.75) is 51.0 Å². The zero-order valence-electron chi connectivity index (χ0n) is 10.2. The van der Waals surface area contributed by atoms with E-state index < -0.39 is 0 Å². The number of unbranched alkanes of at least 4 members (excludes halogenated alkanes) is 1. The Morgan fingerprint density at radius 3 is 2.69 bits per heavy atom. The predicted octanol–water partition coefficient (Wildman–Crippen LogP) is 2.09. The van der Waals surface area contributed by atoms with Crippen molar-refractivity contribution in [3.05, 3.63) is 0 Å². The summed E-state index contributed by atoms with van der Waals surface area (Å²) in [6, 6.07) is 0.442. The normalized spacial score (nSPS) is 36.6. The summed E-state index contributed by atoms with van der Waals surface area (Å²) < 4.78 is 4.63. The van der Waals surface area contributed by atoms with Crippen LogP contribution in [0.3, 0.4) is 0 Å². The third-order valence-corrected chi connectivity index (χ3v) is 4.55. The van der Waals surface area contributed by atoms with Gasteiger partial charge in [0.2, 0.25) is 0 Å². The predicted molar refractivity (Wildman–Crippen MR) is 62.8 cm³/mol. The molecule has 0 unspecified atom stereocenters. The van der Waals surface area contributed by atoms with Crippen LogP contribution < -0.4 is 5.73 Å². The number of hydrogen-bond acceptors (Lipinski definition) is 3. The number of carbonyl (C=O) groups is 1. The first-order valence-electron chi connectivity index (χ1n) is 6.54. The molecule has 0 aromatic heterocycles. The Labute approximate surface area is 97.7 Å². The first kappa shape index (κ1) is 11.9. The molecule has 0 aromatic carbocycles. The molecule has 2 aliphatic carbocycles. The smallest absolute Gasteiger partial charge is 0.305 e. The van der Waals surface area contributed by atoms with Crippen LogP contribution in [-0.2, 0) is 9.53 Å². The van der Waals surface area contributed by atoms with Gasteiger partial charge in [-0.3, -0.25) is 4.79 Å². The van der Waals surface area contributed by atoms with Crippen molar-refractivity contribution in [1.82, 2.24) is 0 Å². The van der Waals surface area contributed by atoms with Crippen LogP contribution in [0, 0.1) is 17.8 Å². The molecule has 0 amide bonds. The first-order valence-corrected chi connectivity index (χ1v) is 6.54. The highest BCUT2D eigenvalue weighted by atomic mass is 16.5. The molecular formula is C13H23NO2. The fourth-order valence-corrected chi connectivity index (χ4v) is 3.63. The molecule has 0 radical (unpaired) electrons. The van der Waals surface area contributed by atoms with Gasteiger partial charge < -0.3 is 10.5 Å². The highest BCUT2D eigenvalue weighted by Crippen LogP contribution is 2.49. The van der Waals surface area contributed by atoms with E-state index in [4.69, 9.17) is 5.73 Å². The molecule has 3 nitrogen and oxygen atoms in total. The fourth-order valence-electron chi connectivity index (χ4n) is 3.63. The van der Waals surface area contributed by atoms with E-state index in [9.17, 15) is 4.79 Å². The monoisotopic (exact) mass is 225 g/mol. The van der Waals surface area contributed by atoms with E-state index in [-0.39, 0.29) is 5.97 Å². The number of rotatable bonds is 5. The molecule has 0 saturated heterocycles. The third kappa shape index (κ3) is 2.40. The van der Waals surface area contributed by atoms with Gasteiger partial charge in [-0.1, -0.05) is 6.42 Å². The summed E-state index contributed by atoms with van der Waals surface area (Å²) in [4.78, 5) is 11.0. The lowest BCUT2D eigenvalue weighted by atomic mass is 9.82. The Kier molecular flexibility index (Phi) is 3.85. The van der Waals surface area contributed by atoms with E-state index >= 15 is 0 Å². The van der Waals surface area contributed by atoms with Crippen LogP contribution in [0.5, 0.6) is 0 Å². The molecule has 3 heteroatoms. The molecule has 2 fully saturated rings. The third-order valence-electron chi connectivity index (χ3n) is 4.55. The topological polar surface area (TPSA) is 52.3 Å². The zero-order valence-corrected chi connectivity index (χ0v) is 10.2. The van der Waals surface area contributed by atoms with Crippen molar-refractivity contribution in [3.63, 3.8) is 0 Å². The van der Waals surface area contributed by atoms with E-state index in [1.165, 1.54) is 32.8 Å². The Morgan fingerprint density at radius 2 is 2.06 bits per heavy atom. The molecule has 4 atom stereocenters. The lowest BCUT2D eigenvalue weighted by Gasteiger charge is -2.28. The Balaban J connectivity index is 1.65. The summed E-state index contributed by atoms with van der Waals surface area (Å²) in [6.07, 6.45) is 7.95. The summed E-state index contributed by atoms with van der Waals surface area (Å²) in [6.45, 7) is 0. The van der Waals surface area contributed by atoms with Crippen molar-refractivity contribution >= 4 is 5.97 Å². The van der Waals surface area contributed by atoms with E-state index in [2.05, 4.69) is 4.74 Å². The van der Waals surface area contributed by atoms with Gasteiger partial charge in [0.25, 0.3) is 0 Å². The number of hydrogen-bond donors (Lipinski definition) is 1. The summed E-state index contributed by atoms with van der Waals surface area (Å²) >= 11 is 0. The minimum absolute atomic E-state index is 0.0859. The lowest BCUT2D eigenvalue weighted by molar-refractivity contribution is -0.140. The quantitative estimate of drug-likeness (QED) is 0.576. The molecule has 2 saturated carbocycles. The van der Waals surface area contributed by atoms with Gasteiger partial charge in [-0.05, 0) is 49.9 Å². The van der Waals surface area contributed by atoms with E-state index in [1.807, 2.05) is 0 Å². The number of nitrogens with two attached hydrogens (primary N) is 1. The molecule has 2 N–H and O–H groups in total. The molecule has 2 bridgehead atoms. The SMILES string of the molecule is COC(=O)CCCC[C@H]1[C@@H]2CC[C@@H](C2)[C@@H]1N. The van der Waals surface area contributed by atoms with Gasteiger partial charge in [0, 0.05) is 12.5 Å². The standard InChI is InChI=1S/C13H23NO2/c1-16-12(15)5-3-2-4-11-9-6-7-10(8-9)13(11)14/h9-11,13H,2-8,14H2,1H3/t9-,10+,11+,13+/m1/s1. The second-order valence-corrected chi connectivity index (χ2v) is 5.40. The average molecular weight is 225 g/mol. The lowest BCUT2D eigenvalue weighted by Crippen LogP contribution is -2.35. The van der Waals surface area contributed by atoms with Crippen LogP contribution in [0.2, 0.25) is 0 Å². The van der Waals surface area contributed by atoms with Crippen LogP contribution in [0.1, 0.15) is 44.9 Å². The number of esters is 1. The summed E-state index contributed by atoms with van der Waals surface area (Å²) in [5, 5.41) is 0. The van der Waals surface area contributed by atoms with Gasteiger partial charge >= 0.3 is 5.97 Å². The second kappa shape index (κ2) is 5.17. The fraction of sp³-hybridized carbons (Fsp3) is 0.923. The average Bonchev–Trinajstić information content (AvgIpc) is 2.86. The van der Waals surface area contributed by atoms with Crippen LogP contribution >= 0.6 is 0 Å². The maximum Gasteiger partial charge on any atom is 0.305 e. The number of carbonyl (C=O) groups excluding carboxylic acids is 1. The summed E-state index contributed by atoms with van der Waals surface area (Å²) in [7, 11) is 1.45. The van der Waals surface area contributed by atoms with Crippen molar-refractivity contribution in [3.8, 4) is 0 Å². The first-order chi connectivity index (χ1) is 7.72. The minimum atomic E-state index is -0.0859. The van der Waals surface area contributed by atoms with Crippen molar-refractivity contribution < 1.29 is 9.53 Å². The van der Waals surface area contributed by atoms with Crippen molar-refractivity contribution in [2.75, 3.05) is 7.11 Å².